The summed E-state index contributed by atoms with van der Waals surface area (Å²) in [5, 5.41) is 7.76. The summed E-state index contributed by atoms with van der Waals surface area (Å²) in [5.41, 5.74) is 1.42. The second kappa shape index (κ2) is 5.67. The van der Waals surface area contributed by atoms with Crippen molar-refractivity contribution in [1.29, 1.82) is 0 Å². The van der Waals surface area contributed by atoms with Gasteiger partial charge in [-0.05, 0) is 31.0 Å². The first-order valence-corrected chi connectivity index (χ1v) is 7.23. The lowest BCUT2D eigenvalue weighted by Gasteiger charge is -2.15. The molecule has 20 heavy (non-hydrogen) atoms. The highest BCUT2D eigenvalue weighted by Gasteiger charge is 2.23. The van der Waals surface area contributed by atoms with Gasteiger partial charge in [0.25, 0.3) is 0 Å². The molecule has 0 atom stereocenters. The number of carbonyl (C=O) groups excluding carboxylic acids is 1. The van der Waals surface area contributed by atoms with Crippen molar-refractivity contribution in [3.05, 3.63) is 41.7 Å². The van der Waals surface area contributed by atoms with E-state index < -0.39 is 0 Å². The van der Waals surface area contributed by atoms with Crippen LogP contribution < -0.4 is 5.32 Å². The van der Waals surface area contributed by atoms with Gasteiger partial charge in [-0.25, -0.2) is 4.68 Å². The van der Waals surface area contributed by atoms with Gasteiger partial charge >= 0.3 is 0 Å². The molecule has 1 aromatic carbocycles. The zero-order valence-corrected chi connectivity index (χ0v) is 11.8. The number of aromatic nitrogens is 2. The highest BCUT2D eigenvalue weighted by atomic mass is 35.5. The summed E-state index contributed by atoms with van der Waals surface area (Å²) in [4.78, 5) is 12.3. The quantitative estimate of drug-likeness (QED) is 0.937. The van der Waals surface area contributed by atoms with Crippen LogP contribution in [-0.4, -0.2) is 15.7 Å². The van der Waals surface area contributed by atoms with Crippen LogP contribution in [0.3, 0.4) is 0 Å². The van der Waals surface area contributed by atoms with Crippen LogP contribution in [0.5, 0.6) is 0 Å². The van der Waals surface area contributed by atoms with Crippen LogP contribution in [0, 0.1) is 5.92 Å². The molecular weight excluding hydrogens is 274 g/mol. The molecule has 1 saturated carbocycles. The minimum absolute atomic E-state index is 0.0816. The van der Waals surface area contributed by atoms with Crippen molar-refractivity contribution in [3.8, 4) is 5.69 Å². The van der Waals surface area contributed by atoms with Crippen LogP contribution in [0.4, 0.5) is 5.69 Å². The molecule has 1 aromatic heterocycles. The van der Waals surface area contributed by atoms with Gasteiger partial charge < -0.3 is 5.32 Å². The SMILES string of the molecule is O=C(Nc1cccc(Cl)c1-n1cccn1)C1CCCC1. The Bertz CT molecular complexity index is 604. The van der Waals surface area contributed by atoms with Gasteiger partial charge in [0.05, 0.1) is 10.7 Å². The van der Waals surface area contributed by atoms with Gasteiger partial charge in [0.1, 0.15) is 5.69 Å². The van der Waals surface area contributed by atoms with Crippen LogP contribution in [0.25, 0.3) is 5.69 Å². The lowest BCUT2D eigenvalue weighted by Crippen LogP contribution is -2.21. The molecule has 0 unspecified atom stereocenters. The third kappa shape index (κ3) is 2.56. The fourth-order valence-corrected chi connectivity index (χ4v) is 2.93. The van der Waals surface area contributed by atoms with Gasteiger partial charge in [0.2, 0.25) is 5.91 Å². The fourth-order valence-electron chi connectivity index (χ4n) is 2.67. The van der Waals surface area contributed by atoms with E-state index in [9.17, 15) is 4.79 Å². The van der Waals surface area contributed by atoms with Crippen molar-refractivity contribution in [2.45, 2.75) is 25.7 Å². The first kappa shape index (κ1) is 13.2. The highest BCUT2D eigenvalue weighted by molar-refractivity contribution is 6.33. The van der Waals surface area contributed by atoms with Crippen molar-refractivity contribution in [3.63, 3.8) is 0 Å². The monoisotopic (exact) mass is 289 g/mol. The third-order valence-electron chi connectivity index (χ3n) is 3.70. The van der Waals surface area contributed by atoms with E-state index in [0.29, 0.717) is 16.4 Å². The Balaban J connectivity index is 1.89. The average Bonchev–Trinajstić information content (AvgIpc) is 3.12. The molecule has 1 heterocycles. The Morgan fingerprint density at radius 3 is 2.80 bits per heavy atom. The summed E-state index contributed by atoms with van der Waals surface area (Å²) in [6.07, 6.45) is 7.73. The number of nitrogens with zero attached hydrogens (tertiary/aromatic N) is 2. The first-order chi connectivity index (χ1) is 9.75. The molecule has 104 valence electrons. The number of hydrogen-bond donors (Lipinski definition) is 1. The Labute approximate surface area is 122 Å². The van der Waals surface area contributed by atoms with E-state index in [1.165, 1.54) is 0 Å². The molecular formula is C15H16ClN3O. The Hall–Kier alpha value is -1.81. The van der Waals surface area contributed by atoms with Crippen LogP contribution in [0.1, 0.15) is 25.7 Å². The largest absolute Gasteiger partial charge is 0.324 e. The maximum atomic E-state index is 12.3. The molecule has 0 bridgehead atoms. The van der Waals surface area contributed by atoms with Crippen LogP contribution in [-0.2, 0) is 4.79 Å². The molecule has 0 spiro atoms. The molecule has 1 fully saturated rings. The van der Waals surface area contributed by atoms with E-state index in [2.05, 4.69) is 10.4 Å². The van der Waals surface area contributed by atoms with Crippen molar-refractivity contribution in [1.82, 2.24) is 9.78 Å². The second-order valence-electron chi connectivity index (χ2n) is 5.06. The summed E-state index contributed by atoms with van der Waals surface area (Å²) in [6, 6.07) is 7.31. The number of para-hydroxylation sites is 1. The molecule has 0 radical (unpaired) electrons. The van der Waals surface area contributed by atoms with Crippen LogP contribution in [0.15, 0.2) is 36.7 Å². The normalized spacial score (nSPS) is 15.4. The summed E-state index contributed by atoms with van der Waals surface area (Å²) >= 11 is 6.25. The molecule has 2 aromatic rings. The molecule has 5 heteroatoms. The summed E-state index contributed by atoms with van der Waals surface area (Å²) in [7, 11) is 0. The minimum atomic E-state index is 0.0816. The standard InChI is InChI=1S/C15H16ClN3O/c16-12-7-3-8-13(14(12)19-10-4-9-17-19)18-15(20)11-5-1-2-6-11/h3-4,7-11H,1-2,5-6H2,(H,18,20). The number of halogens is 1. The maximum Gasteiger partial charge on any atom is 0.227 e. The van der Waals surface area contributed by atoms with Crippen LogP contribution in [0.2, 0.25) is 5.02 Å². The van der Waals surface area contributed by atoms with Gasteiger partial charge in [-0.1, -0.05) is 30.5 Å². The zero-order valence-electron chi connectivity index (χ0n) is 11.1. The van der Waals surface area contributed by atoms with Gasteiger partial charge in [0.15, 0.2) is 0 Å². The minimum Gasteiger partial charge on any atom is -0.324 e. The molecule has 3 rings (SSSR count). The van der Waals surface area contributed by atoms with Gasteiger partial charge in [-0.3, -0.25) is 4.79 Å². The van der Waals surface area contributed by atoms with Gasteiger partial charge in [0, 0.05) is 18.3 Å². The third-order valence-corrected chi connectivity index (χ3v) is 4.01. The smallest absolute Gasteiger partial charge is 0.227 e. The van der Waals surface area contributed by atoms with Gasteiger partial charge in [-0.15, -0.1) is 0 Å². The summed E-state index contributed by atoms with van der Waals surface area (Å²) in [5.74, 6) is 0.206. The van der Waals surface area contributed by atoms with E-state index in [-0.39, 0.29) is 11.8 Å². The number of rotatable bonds is 3. The number of hydrogen-bond acceptors (Lipinski definition) is 2. The van der Waals surface area contributed by atoms with Gasteiger partial charge in [-0.2, -0.15) is 5.10 Å². The second-order valence-corrected chi connectivity index (χ2v) is 5.46. The molecule has 1 amide bonds. The van der Waals surface area contributed by atoms with E-state index >= 15 is 0 Å². The van der Waals surface area contributed by atoms with Crippen molar-refractivity contribution in [2.24, 2.45) is 5.92 Å². The molecule has 1 aliphatic rings. The average molecular weight is 290 g/mol. The molecule has 0 saturated heterocycles. The number of amides is 1. The number of carbonyl (C=O) groups is 1. The van der Waals surface area contributed by atoms with E-state index in [0.717, 1.165) is 25.7 Å². The Kier molecular flexibility index (Phi) is 3.74. The molecule has 1 aliphatic carbocycles. The number of nitrogens with one attached hydrogen (secondary N) is 1. The number of anilines is 1. The van der Waals surface area contributed by atoms with E-state index in [4.69, 9.17) is 11.6 Å². The topological polar surface area (TPSA) is 46.9 Å². The van der Waals surface area contributed by atoms with E-state index in [1.807, 2.05) is 24.4 Å². The lowest BCUT2D eigenvalue weighted by molar-refractivity contribution is -0.119. The Morgan fingerprint density at radius 1 is 1.30 bits per heavy atom. The number of benzene rings is 1. The molecule has 1 N–H and O–H groups in total. The van der Waals surface area contributed by atoms with E-state index in [1.54, 1.807) is 16.9 Å². The van der Waals surface area contributed by atoms with Crippen LogP contribution >= 0.6 is 11.6 Å². The predicted octanol–water partition coefficient (Wildman–Crippen LogP) is 3.65. The molecule has 4 nitrogen and oxygen atoms in total. The van der Waals surface area contributed by atoms with Crippen molar-refractivity contribution in [2.75, 3.05) is 5.32 Å². The fraction of sp³-hybridized carbons (Fsp3) is 0.333. The molecule has 0 aliphatic heterocycles. The highest BCUT2D eigenvalue weighted by Crippen LogP contribution is 2.30. The summed E-state index contributed by atoms with van der Waals surface area (Å²) in [6.45, 7) is 0. The first-order valence-electron chi connectivity index (χ1n) is 6.85. The lowest BCUT2D eigenvalue weighted by atomic mass is 10.1. The predicted molar refractivity (Wildman–Crippen MR) is 79.2 cm³/mol. The summed E-state index contributed by atoms with van der Waals surface area (Å²) < 4.78 is 1.67. The van der Waals surface area contributed by atoms with Crippen molar-refractivity contribution >= 4 is 23.2 Å². The maximum absolute atomic E-state index is 12.3. The Morgan fingerprint density at radius 2 is 2.10 bits per heavy atom. The zero-order chi connectivity index (χ0) is 13.9. The van der Waals surface area contributed by atoms with Crippen molar-refractivity contribution < 1.29 is 4.79 Å².